The van der Waals surface area contributed by atoms with Crippen LogP contribution in [-0.4, -0.2) is 36.2 Å². The summed E-state index contributed by atoms with van der Waals surface area (Å²) in [5.41, 5.74) is 1.69. The van der Waals surface area contributed by atoms with E-state index >= 15 is 0 Å². The van der Waals surface area contributed by atoms with Crippen molar-refractivity contribution in [2.75, 3.05) is 13.2 Å². The fourth-order valence-electron chi connectivity index (χ4n) is 2.32. The van der Waals surface area contributed by atoms with Crippen LogP contribution in [0.1, 0.15) is 17.2 Å². The number of sulfonamides is 1. The van der Waals surface area contributed by atoms with Crippen LogP contribution >= 0.6 is 0 Å². The Labute approximate surface area is 128 Å². The lowest BCUT2D eigenvalue weighted by molar-refractivity contribution is 0.182. The molecule has 1 aliphatic heterocycles. The van der Waals surface area contributed by atoms with Gasteiger partial charge in [0.1, 0.15) is 5.75 Å². The van der Waals surface area contributed by atoms with Crippen molar-refractivity contribution in [3.63, 3.8) is 0 Å². The summed E-state index contributed by atoms with van der Waals surface area (Å²) in [6.07, 6.45) is 2.69. The molecule has 1 aromatic carbocycles. The van der Waals surface area contributed by atoms with Gasteiger partial charge in [-0.15, -0.1) is 0 Å². The van der Waals surface area contributed by atoms with Crippen molar-refractivity contribution in [1.82, 2.24) is 14.3 Å². The van der Waals surface area contributed by atoms with E-state index in [-0.39, 0.29) is 11.6 Å². The van der Waals surface area contributed by atoms with E-state index in [0.29, 0.717) is 12.2 Å². The molecule has 0 spiro atoms. The predicted molar refractivity (Wildman–Crippen MR) is 79.0 cm³/mol. The zero-order valence-electron chi connectivity index (χ0n) is 12.1. The van der Waals surface area contributed by atoms with Crippen molar-refractivity contribution in [3.8, 4) is 5.75 Å². The standard InChI is InChI=1S/C14H17N3O4S/c1-17-8-14(15-9-17)22(19,20)16-7-12(18)10-2-3-13-11(6-10)4-5-21-13/h2-3,6,8-9,12,16,18H,4-5,7H2,1H3/t12-/m0/s1. The number of aromatic nitrogens is 2. The molecule has 2 aromatic rings. The van der Waals surface area contributed by atoms with Crippen LogP contribution < -0.4 is 9.46 Å². The van der Waals surface area contributed by atoms with Crippen molar-refractivity contribution >= 4 is 10.0 Å². The fourth-order valence-corrected chi connectivity index (χ4v) is 3.34. The Morgan fingerprint density at radius 3 is 3.05 bits per heavy atom. The third-order valence-electron chi connectivity index (χ3n) is 3.52. The number of aliphatic hydroxyl groups excluding tert-OH is 1. The predicted octanol–water partition coefficient (Wildman–Crippen LogP) is 0.367. The molecule has 22 heavy (non-hydrogen) atoms. The number of ether oxygens (including phenoxy) is 1. The summed E-state index contributed by atoms with van der Waals surface area (Å²) < 4.78 is 33.4. The molecule has 0 bridgehead atoms. The minimum atomic E-state index is -3.72. The average Bonchev–Trinajstić information content (AvgIpc) is 3.12. The number of fused-ring (bicyclic) bond motifs is 1. The fraction of sp³-hybridized carbons (Fsp3) is 0.357. The highest BCUT2D eigenvalue weighted by molar-refractivity contribution is 7.89. The maximum absolute atomic E-state index is 12.1. The molecule has 2 heterocycles. The molecule has 1 aromatic heterocycles. The third kappa shape index (κ3) is 2.99. The summed E-state index contributed by atoms with van der Waals surface area (Å²) >= 11 is 0. The van der Waals surface area contributed by atoms with Gasteiger partial charge in [-0.2, -0.15) is 0 Å². The molecule has 3 rings (SSSR count). The summed E-state index contributed by atoms with van der Waals surface area (Å²) in [6.45, 7) is 0.528. The van der Waals surface area contributed by atoms with Crippen molar-refractivity contribution < 1.29 is 18.3 Å². The summed E-state index contributed by atoms with van der Waals surface area (Å²) in [5, 5.41) is 10.1. The Morgan fingerprint density at radius 1 is 1.50 bits per heavy atom. The third-order valence-corrected chi connectivity index (χ3v) is 4.83. The van der Waals surface area contributed by atoms with Gasteiger partial charge in [0.25, 0.3) is 10.0 Å². The summed E-state index contributed by atoms with van der Waals surface area (Å²) in [6, 6.07) is 5.39. The second-order valence-electron chi connectivity index (χ2n) is 5.21. The van der Waals surface area contributed by atoms with Crippen molar-refractivity contribution in [2.45, 2.75) is 17.6 Å². The van der Waals surface area contributed by atoms with Gasteiger partial charge in [0.05, 0.1) is 19.0 Å². The van der Waals surface area contributed by atoms with E-state index in [1.165, 1.54) is 12.5 Å². The van der Waals surface area contributed by atoms with E-state index in [1.54, 1.807) is 23.7 Å². The van der Waals surface area contributed by atoms with Crippen molar-refractivity contribution in [3.05, 3.63) is 41.9 Å². The molecule has 8 heteroatoms. The number of aliphatic hydroxyl groups is 1. The van der Waals surface area contributed by atoms with Gasteiger partial charge in [0.2, 0.25) is 0 Å². The number of rotatable bonds is 5. The second-order valence-corrected chi connectivity index (χ2v) is 6.92. The van der Waals surface area contributed by atoms with Crippen LogP contribution in [0.5, 0.6) is 5.75 Å². The van der Waals surface area contributed by atoms with Gasteiger partial charge in [0.15, 0.2) is 5.03 Å². The Bertz CT molecular complexity index is 785. The molecule has 0 aliphatic carbocycles. The van der Waals surface area contributed by atoms with Crippen LogP contribution in [0.4, 0.5) is 0 Å². The van der Waals surface area contributed by atoms with Gasteiger partial charge in [-0.1, -0.05) is 6.07 Å². The van der Waals surface area contributed by atoms with E-state index in [2.05, 4.69) is 9.71 Å². The quantitative estimate of drug-likeness (QED) is 0.829. The van der Waals surface area contributed by atoms with Crippen molar-refractivity contribution in [2.24, 2.45) is 7.05 Å². The summed E-state index contributed by atoms with van der Waals surface area (Å²) in [5.74, 6) is 0.824. The Balaban J connectivity index is 1.68. The number of hydrogen-bond donors (Lipinski definition) is 2. The van der Waals surface area contributed by atoms with Crippen LogP contribution in [0.25, 0.3) is 0 Å². The smallest absolute Gasteiger partial charge is 0.259 e. The largest absolute Gasteiger partial charge is 0.493 e. The van der Waals surface area contributed by atoms with Crippen LogP contribution in [-0.2, 0) is 23.5 Å². The van der Waals surface area contributed by atoms with Gasteiger partial charge in [-0.25, -0.2) is 18.1 Å². The lowest BCUT2D eigenvalue weighted by atomic mass is 10.0. The SMILES string of the molecule is Cn1cnc(S(=O)(=O)NC[C@H](O)c2ccc3c(c2)CCO3)c1. The van der Waals surface area contributed by atoms with E-state index in [1.807, 2.05) is 6.07 Å². The lowest BCUT2D eigenvalue weighted by Gasteiger charge is -2.13. The maximum Gasteiger partial charge on any atom is 0.259 e. The normalized spacial score (nSPS) is 15.4. The number of imidazole rings is 1. The minimum absolute atomic E-state index is 0.0652. The topological polar surface area (TPSA) is 93.5 Å². The Morgan fingerprint density at radius 2 is 2.32 bits per heavy atom. The number of benzene rings is 1. The monoisotopic (exact) mass is 323 g/mol. The Hall–Kier alpha value is -1.90. The molecule has 1 atom stereocenters. The molecule has 0 saturated heterocycles. The molecular formula is C14H17N3O4S. The summed E-state index contributed by atoms with van der Waals surface area (Å²) in [7, 11) is -2.03. The number of hydrogen-bond acceptors (Lipinski definition) is 5. The molecule has 1 aliphatic rings. The molecule has 118 valence electrons. The molecule has 0 saturated carbocycles. The van der Waals surface area contributed by atoms with Gasteiger partial charge in [-0.05, 0) is 23.3 Å². The van der Waals surface area contributed by atoms with E-state index in [0.717, 1.165) is 17.7 Å². The van der Waals surface area contributed by atoms with Crippen LogP contribution in [0.15, 0.2) is 35.7 Å². The first-order valence-corrected chi connectivity index (χ1v) is 8.35. The van der Waals surface area contributed by atoms with Gasteiger partial charge >= 0.3 is 0 Å². The molecule has 2 N–H and O–H groups in total. The average molecular weight is 323 g/mol. The van der Waals surface area contributed by atoms with Crippen LogP contribution in [0.2, 0.25) is 0 Å². The molecule has 0 unspecified atom stereocenters. The first kappa shape index (κ1) is 15.0. The molecule has 0 radical (unpaired) electrons. The van der Waals surface area contributed by atoms with Crippen LogP contribution in [0.3, 0.4) is 0 Å². The zero-order chi connectivity index (χ0) is 15.7. The van der Waals surface area contributed by atoms with Crippen molar-refractivity contribution in [1.29, 1.82) is 0 Å². The van der Waals surface area contributed by atoms with E-state index in [9.17, 15) is 13.5 Å². The lowest BCUT2D eigenvalue weighted by Crippen LogP contribution is -2.28. The minimum Gasteiger partial charge on any atom is -0.493 e. The van der Waals surface area contributed by atoms with Crippen LogP contribution in [0, 0.1) is 0 Å². The van der Waals surface area contributed by atoms with E-state index < -0.39 is 16.1 Å². The highest BCUT2D eigenvalue weighted by Gasteiger charge is 2.20. The molecular weight excluding hydrogens is 306 g/mol. The first-order chi connectivity index (χ1) is 10.5. The number of nitrogens with one attached hydrogen (secondary N) is 1. The number of aryl methyl sites for hydroxylation is 1. The molecule has 0 amide bonds. The molecule has 7 nitrogen and oxygen atoms in total. The second kappa shape index (κ2) is 5.71. The maximum atomic E-state index is 12.1. The summed E-state index contributed by atoms with van der Waals surface area (Å²) in [4.78, 5) is 3.80. The Kier molecular flexibility index (Phi) is 3.90. The first-order valence-electron chi connectivity index (χ1n) is 6.87. The van der Waals surface area contributed by atoms with Gasteiger partial charge < -0.3 is 14.4 Å². The highest BCUT2D eigenvalue weighted by atomic mass is 32.2. The van der Waals surface area contributed by atoms with Gasteiger partial charge in [-0.3, -0.25) is 0 Å². The van der Waals surface area contributed by atoms with Gasteiger partial charge in [0, 0.05) is 26.2 Å². The van der Waals surface area contributed by atoms with E-state index in [4.69, 9.17) is 4.74 Å². The highest BCUT2D eigenvalue weighted by Crippen LogP contribution is 2.28. The number of nitrogens with zero attached hydrogens (tertiary/aromatic N) is 2. The zero-order valence-corrected chi connectivity index (χ0v) is 12.9. The molecule has 0 fully saturated rings.